The summed E-state index contributed by atoms with van der Waals surface area (Å²) in [6.45, 7) is 27.7. The molecule has 0 aromatic heterocycles. The second-order valence-corrected chi connectivity index (χ2v) is 36.2. The Morgan fingerprint density at radius 1 is 0.720 bits per heavy atom. The molecular formula is C32H67O13PSi4. The SMILES string of the molecule is CCCC(C)(CC(C)(CC(C)(CC)C(=O)OCC1CO1)C(=O)OCC[Si](O[Si](C)(C)C)(O[Si](C)(C)C)O[Si](C)(C)C)C(=O)OCCP(=O)(O)O. The van der Waals surface area contributed by atoms with E-state index in [9.17, 15) is 28.7 Å². The zero-order valence-corrected chi connectivity index (χ0v) is 38.1. The molecule has 18 heteroatoms. The predicted molar refractivity (Wildman–Crippen MR) is 202 cm³/mol. The van der Waals surface area contributed by atoms with Gasteiger partial charge in [0.05, 0.1) is 35.6 Å². The van der Waals surface area contributed by atoms with Crippen molar-refractivity contribution in [1.82, 2.24) is 0 Å². The number of hydrogen-bond donors (Lipinski definition) is 2. The van der Waals surface area contributed by atoms with Gasteiger partial charge in [-0.2, -0.15) is 0 Å². The molecule has 1 rings (SSSR count). The van der Waals surface area contributed by atoms with Gasteiger partial charge in [0.15, 0.2) is 25.0 Å². The smallest absolute Gasteiger partial charge is 0.465 e. The summed E-state index contributed by atoms with van der Waals surface area (Å²) in [5.74, 6) is -1.75. The molecule has 4 unspecified atom stereocenters. The van der Waals surface area contributed by atoms with Crippen LogP contribution >= 0.6 is 7.60 Å². The van der Waals surface area contributed by atoms with Crippen molar-refractivity contribution in [2.75, 3.05) is 32.6 Å². The highest BCUT2D eigenvalue weighted by molar-refractivity contribution is 7.51. The minimum absolute atomic E-state index is 0.0134. The van der Waals surface area contributed by atoms with Crippen LogP contribution in [0.4, 0.5) is 0 Å². The van der Waals surface area contributed by atoms with Gasteiger partial charge in [0.25, 0.3) is 0 Å². The van der Waals surface area contributed by atoms with Crippen molar-refractivity contribution < 1.29 is 60.0 Å². The van der Waals surface area contributed by atoms with E-state index in [1.165, 1.54) is 0 Å². The number of carbonyl (C=O) groups is 3. The van der Waals surface area contributed by atoms with Crippen LogP contribution in [0.5, 0.6) is 0 Å². The monoisotopic (exact) mass is 802 g/mol. The lowest BCUT2D eigenvalue weighted by atomic mass is 9.63. The van der Waals surface area contributed by atoms with E-state index in [0.717, 1.165) is 0 Å². The summed E-state index contributed by atoms with van der Waals surface area (Å²) in [4.78, 5) is 60.1. The van der Waals surface area contributed by atoms with Crippen LogP contribution in [0.1, 0.15) is 66.7 Å². The molecule has 0 amide bonds. The molecule has 0 aromatic rings. The lowest BCUT2D eigenvalue weighted by Gasteiger charge is -2.43. The van der Waals surface area contributed by atoms with E-state index < -0.39 is 88.3 Å². The highest BCUT2D eigenvalue weighted by Crippen LogP contribution is 2.48. The first-order valence-corrected chi connectivity index (χ1v) is 31.6. The van der Waals surface area contributed by atoms with Crippen LogP contribution in [-0.4, -0.2) is 100 Å². The molecule has 1 fully saturated rings. The van der Waals surface area contributed by atoms with Gasteiger partial charge in [0.2, 0.25) is 0 Å². The molecule has 2 N–H and O–H groups in total. The number of carbonyl (C=O) groups excluding carboxylic acids is 3. The number of hydrogen-bond acceptors (Lipinski definition) is 11. The summed E-state index contributed by atoms with van der Waals surface area (Å²) in [5, 5.41) is 0. The Balaban J connectivity index is 3.54. The highest BCUT2D eigenvalue weighted by atomic mass is 31.2. The minimum Gasteiger partial charge on any atom is -0.465 e. The topological polar surface area (TPSA) is 177 Å². The molecule has 4 atom stereocenters. The quantitative estimate of drug-likeness (QED) is 0.0347. The van der Waals surface area contributed by atoms with Crippen LogP contribution in [0.3, 0.4) is 0 Å². The third kappa shape index (κ3) is 17.4. The Morgan fingerprint density at radius 2 is 1.14 bits per heavy atom. The summed E-state index contributed by atoms with van der Waals surface area (Å²) in [5.41, 5.74) is -3.73. The average Bonchev–Trinajstić information content (AvgIpc) is 3.72. The summed E-state index contributed by atoms with van der Waals surface area (Å²) in [7, 11) is -14.3. The van der Waals surface area contributed by atoms with Gasteiger partial charge in [0, 0.05) is 6.04 Å². The summed E-state index contributed by atoms with van der Waals surface area (Å²) in [6, 6.07) is 0.249. The molecule has 13 nitrogen and oxygen atoms in total. The Labute approximate surface area is 305 Å². The normalized spacial score (nSPS) is 19.5. The first-order valence-electron chi connectivity index (χ1n) is 17.7. The highest BCUT2D eigenvalue weighted by Gasteiger charge is 2.53. The van der Waals surface area contributed by atoms with E-state index in [0.29, 0.717) is 25.9 Å². The second kappa shape index (κ2) is 18.1. The van der Waals surface area contributed by atoms with E-state index in [-0.39, 0.29) is 38.2 Å². The van der Waals surface area contributed by atoms with E-state index >= 15 is 0 Å². The van der Waals surface area contributed by atoms with Crippen LogP contribution < -0.4 is 0 Å². The van der Waals surface area contributed by atoms with Gasteiger partial charge in [-0.1, -0.05) is 20.3 Å². The van der Waals surface area contributed by atoms with Gasteiger partial charge in [-0.05, 0) is 105 Å². The Bertz CT molecular complexity index is 1150. The fourth-order valence-electron chi connectivity index (χ4n) is 6.08. The zero-order chi connectivity index (χ0) is 39.0. The Kier molecular flexibility index (Phi) is 17.1. The van der Waals surface area contributed by atoms with Gasteiger partial charge >= 0.3 is 34.3 Å². The van der Waals surface area contributed by atoms with E-state index in [1.54, 1.807) is 20.8 Å². The van der Waals surface area contributed by atoms with Gasteiger partial charge in [0.1, 0.15) is 19.3 Å². The Hall–Kier alpha value is -0.732. The summed E-state index contributed by atoms with van der Waals surface area (Å²) < 4.78 is 54.0. The summed E-state index contributed by atoms with van der Waals surface area (Å²) >= 11 is 0. The molecule has 1 aliphatic rings. The fourth-order valence-corrected chi connectivity index (χ4v) is 20.8. The molecule has 50 heavy (non-hydrogen) atoms. The van der Waals surface area contributed by atoms with Gasteiger partial charge in [-0.25, -0.2) is 0 Å². The van der Waals surface area contributed by atoms with Crippen molar-refractivity contribution >= 4 is 59.3 Å². The molecule has 1 saturated heterocycles. The number of esters is 3. The molecule has 0 spiro atoms. The molecule has 0 radical (unpaired) electrons. The van der Waals surface area contributed by atoms with Gasteiger partial charge < -0.3 is 41.1 Å². The second-order valence-electron chi connectivity index (χ2n) is 17.4. The van der Waals surface area contributed by atoms with E-state index in [2.05, 4.69) is 58.9 Å². The lowest BCUT2D eigenvalue weighted by molar-refractivity contribution is -0.169. The minimum atomic E-state index is -4.40. The van der Waals surface area contributed by atoms with Crippen LogP contribution in [0.15, 0.2) is 0 Å². The first kappa shape index (κ1) is 47.3. The number of ether oxygens (including phenoxy) is 4. The third-order valence-electron chi connectivity index (χ3n) is 8.07. The molecule has 0 bridgehead atoms. The number of epoxide rings is 1. The van der Waals surface area contributed by atoms with Gasteiger partial charge in [-0.15, -0.1) is 0 Å². The van der Waals surface area contributed by atoms with Crippen LogP contribution in [0.25, 0.3) is 0 Å². The molecular weight excluding hydrogens is 736 g/mol. The maximum absolute atomic E-state index is 14.4. The van der Waals surface area contributed by atoms with Crippen LogP contribution in [0, 0.1) is 16.2 Å². The van der Waals surface area contributed by atoms with Crippen molar-refractivity contribution in [1.29, 1.82) is 0 Å². The molecule has 0 aliphatic carbocycles. The Morgan fingerprint density at radius 3 is 1.54 bits per heavy atom. The zero-order valence-electron chi connectivity index (χ0n) is 33.2. The van der Waals surface area contributed by atoms with Crippen molar-refractivity contribution in [2.24, 2.45) is 16.2 Å². The molecule has 294 valence electrons. The van der Waals surface area contributed by atoms with Crippen molar-refractivity contribution in [3.8, 4) is 0 Å². The summed E-state index contributed by atoms with van der Waals surface area (Å²) in [6.07, 6.45) is 0.464. The van der Waals surface area contributed by atoms with Gasteiger partial charge in [-0.3, -0.25) is 18.9 Å². The fraction of sp³-hybridized carbons (Fsp3) is 0.906. The molecule has 1 aliphatic heterocycles. The standard InChI is InChI=1S/C32H67O13PSi4/c1-15-17-31(4,28(34)39-18-20-46(36,37)38)25-32(5,24-30(3,16-2)27(33)42-23-26-22-41-26)29(35)40-19-21-50(43-47(6,7)8,44-48(9,10)11)45-49(12,13)14/h26H,15-25H2,1-14H3,(H2,36,37,38). The third-order valence-corrected chi connectivity index (χ3v) is 20.7. The molecule has 0 saturated carbocycles. The van der Waals surface area contributed by atoms with Crippen molar-refractivity contribution in [3.05, 3.63) is 0 Å². The van der Waals surface area contributed by atoms with E-state index in [4.69, 9.17) is 31.3 Å². The van der Waals surface area contributed by atoms with Crippen LogP contribution in [0.2, 0.25) is 65.0 Å². The van der Waals surface area contributed by atoms with E-state index in [1.807, 2.05) is 13.8 Å². The van der Waals surface area contributed by atoms with Crippen molar-refractivity contribution in [3.63, 3.8) is 0 Å². The predicted octanol–water partition coefficient (Wildman–Crippen LogP) is 6.70. The molecule has 0 aromatic carbocycles. The lowest BCUT2D eigenvalue weighted by Crippen LogP contribution is -2.61. The largest absolute Gasteiger partial charge is 0.473 e. The molecule has 1 heterocycles. The maximum Gasteiger partial charge on any atom is 0.473 e. The van der Waals surface area contributed by atoms with Crippen LogP contribution in [-0.2, 0) is 50.2 Å². The number of rotatable bonds is 24. The average molecular weight is 803 g/mol. The maximum atomic E-state index is 14.4. The van der Waals surface area contributed by atoms with Crippen molar-refractivity contribution in [2.45, 2.75) is 138 Å². The first-order chi connectivity index (χ1) is 22.4.